The summed E-state index contributed by atoms with van der Waals surface area (Å²) in [5, 5.41) is 9.74. The van der Waals surface area contributed by atoms with Gasteiger partial charge in [0.05, 0.1) is 21.6 Å². The number of ketones is 1. The van der Waals surface area contributed by atoms with Gasteiger partial charge in [-0.05, 0) is 6.07 Å². The number of alkyl halides is 1. The molecule has 0 aromatic heterocycles. The van der Waals surface area contributed by atoms with E-state index in [1.54, 1.807) is 0 Å². The Bertz CT molecular complexity index is 354. The molecule has 0 saturated carbocycles. The summed E-state index contributed by atoms with van der Waals surface area (Å²) >= 11 is 8.68. The molecule has 0 amide bonds. The minimum Gasteiger partial charge on any atom is -0.507 e. The Labute approximate surface area is 88.6 Å². The van der Waals surface area contributed by atoms with Gasteiger partial charge in [-0.15, -0.1) is 0 Å². The van der Waals surface area contributed by atoms with E-state index in [0.717, 1.165) is 0 Å². The third kappa shape index (κ3) is 2.14. The second-order valence-electron chi connectivity index (χ2n) is 2.45. The monoisotopic (exact) mass is 263 g/mol. The average Bonchev–Trinajstić information content (AvgIpc) is 2.10. The zero-order valence-corrected chi connectivity index (χ0v) is 8.89. The van der Waals surface area contributed by atoms with E-state index in [9.17, 15) is 9.90 Å². The molecule has 3 nitrogen and oxygen atoms in total. The number of Topliss-reactive ketones (excluding diaryl/α,β-unsaturated/α-hetero) is 1. The molecule has 1 rings (SSSR count). The first-order chi connectivity index (χ1) is 6.06. The van der Waals surface area contributed by atoms with Crippen molar-refractivity contribution in [1.29, 1.82) is 0 Å². The number of carbonyl (C=O) groups excluding carboxylic acids is 1. The van der Waals surface area contributed by atoms with Crippen molar-refractivity contribution in [3.8, 4) is 5.75 Å². The molecule has 1 aromatic rings. The van der Waals surface area contributed by atoms with Crippen LogP contribution in [0.4, 0.5) is 5.69 Å². The van der Waals surface area contributed by atoms with Crippen LogP contribution in [-0.4, -0.2) is 16.2 Å². The molecule has 0 atom stereocenters. The van der Waals surface area contributed by atoms with Crippen LogP contribution in [0.1, 0.15) is 10.4 Å². The Hall–Kier alpha value is -0.740. The largest absolute Gasteiger partial charge is 0.507 e. The standard InChI is InChI=1S/C8H7BrClNO2/c9-3-8(13)4-1-5(10)6(11)2-7(4)12/h1-2,12H,3,11H2. The van der Waals surface area contributed by atoms with E-state index in [0.29, 0.717) is 0 Å². The fourth-order valence-electron chi connectivity index (χ4n) is 0.873. The van der Waals surface area contributed by atoms with Gasteiger partial charge in [-0.2, -0.15) is 0 Å². The van der Waals surface area contributed by atoms with Crippen molar-refractivity contribution in [3.05, 3.63) is 22.7 Å². The van der Waals surface area contributed by atoms with Crippen molar-refractivity contribution >= 4 is 39.0 Å². The van der Waals surface area contributed by atoms with Crippen LogP contribution in [0.3, 0.4) is 0 Å². The maximum atomic E-state index is 11.2. The number of nitrogen functional groups attached to an aromatic ring is 1. The normalized spacial score (nSPS) is 10.0. The molecule has 0 fully saturated rings. The van der Waals surface area contributed by atoms with Crippen molar-refractivity contribution in [3.63, 3.8) is 0 Å². The quantitative estimate of drug-likeness (QED) is 0.489. The lowest BCUT2D eigenvalue weighted by Gasteiger charge is -2.04. The van der Waals surface area contributed by atoms with Gasteiger partial charge in [-0.1, -0.05) is 27.5 Å². The number of phenols is 1. The van der Waals surface area contributed by atoms with Crippen LogP contribution in [0.5, 0.6) is 5.75 Å². The zero-order valence-electron chi connectivity index (χ0n) is 6.55. The average molecular weight is 265 g/mol. The van der Waals surface area contributed by atoms with Crippen LogP contribution < -0.4 is 5.73 Å². The van der Waals surface area contributed by atoms with E-state index >= 15 is 0 Å². The number of hydrogen-bond donors (Lipinski definition) is 2. The molecule has 0 bridgehead atoms. The van der Waals surface area contributed by atoms with Crippen molar-refractivity contribution in [2.75, 3.05) is 11.1 Å². The van der Waals surface area contributed by atoms with Gasteiger partial charge in [-0.25, -0.2) is 0 Å². The number of carbonyl (C=O) groups is 1. The lowest BCUT2D eigenvalue weighted by Crippen LogP contribution is -2.01. The molecule has 0 aliphatic carbocycles. The number of phenolic OH excluding ortho intramolecular Hbond substituents is 1. The fourth-order valence-corrected chi connectivity index (χ4v) is 1.34. The van der Waals surface area contributed by atoms with E-state index in [2.05, 4.69) is 15.9 Å². The van der Waals surface area contributed by atoms with Gasteiger partial charge in [0.2, 0.25) is 0 Å². The van der Waals surface area contributed by atoms with Gasteiger partial charge in [0.1, 0.15) is 5.75 Å². The summed E-state index contributed by atoms with van der Waals surface area (Å²) in [5.41, 5.74) is 5.85. The first-order valence-corrected chi connectivity index (χ1v) is 4.93. The highest BCUT2D eigenvalue weighted by molar-refractivity contribution is 9.09. The maximum absolute atomic E-state index is 11.2. The van der Waals surface area contributed by atoms with Crippen molar-refractivity contribution in [2.24, 2.45) is 0 Å². The molecular formula is C8H7BrClNO2. The third-order valence-electron chi connectivity index (χ3n) is 1.54. The first kappa shape index (κ1) is 10.3. The predicted octanol–water partition coefficient (Wildman–Crippen LogP) is 2.21. The number of hydrogen-bond acceptors (Lipinski definition) is 3. The lowest BCUT2D eigenvalue weighted by atomic mass is 10.1. The second-order valence-corrected chi connectivity index (χ2v) is 3.42. The fraction of sp³-hybridized carbons (Fsp3) is 0.125. The van der Waals surface area contributed by atoms with Gasteiger partial charge >= 0.3 is 0 Å². The highest BCUT2D eigenvalue weighted by Gasteiger charge is 2.12. The van der Waals surface area contributed by atoms with Crippen LogP contribution in [0, 0.1) is 0 Å². The molecule has 13 heavy (non-hydrogen) atoms. The van der Waals surface area contributed by atoms with Crippen LogP contribution in [0.15, 0.2) is 12.1 Å². The highest BCUT2D eigenvalue weighted by atomic mass is 79.9. The van der Waals surface area contributed by atoms with Crippen LogP contribution in [-0.2, 0) is 0 Å². The van der Waals surface area contributed by atoms with Crippen molar-refractivity contribution in [1.82, 2.24) is 0 Å². The Kier molecular flexibility index (Phi) is 3.17. The summed E-state index contributed by atoms with van der Waals surface area (Å²) in [5.74, 6) is -0.384. The Morgan fingerprint density at radius 1 is 1.62 bits per heavy atom. The highest BCUT2D eigenvalue weighted by Crippen LogP contribution is 2.28. The Balaban J connectivity index is 3.23. The number of anilines is 1. The maximum Gasteiger partial charge on any atom is 0.177 e. The van der Waals surface area contributed by atoms with E-state index in [1.165, 1.54) is 12.1 Å². The smallest absolute Gasteiger partial charge is 0.177 e. The molecule has 0 radical (unpaired) electrons. The number of rotatable bonds is 2. The van der Waals surface area contributed by atoms with Gasteiger partial charge in [0.15, 0.2) is 5.78 Å². The number of aromatic hydroxyl groups is 1. The molecule has 0 heterocycles. The molecule has 3 N–H and O–H groups in total. The number of nitrogens with two attached hydrogens (primary N) is 1. The molecule has 0 unspecified atom stereocenters. The van der Waals surface area contributed by atoms with Crippen molar-refractivity contribution in [2.45, 2.75) is 0 Å². The molecule has 5 heteroatoms. The molecule has 1 aromatic carbocycles. The molecule has 0 aliphatic rings. The number of benzene rings is 1. The minimum atomic E-state index is -0.237. The third-order valence-corrected chi connectivity index (χ3v) is 2.37. The van der Waals surface area contributed by atoms with Gasteiger partial charge < -0.3 is 10.8 Å². The van der Waals surface area contributed by atoms with Gasteiger partial charge in [-0.3, -0.25) is 4.79 Å². The Morgan fingerprint density at radius 3 is 2.77 bits per heavy atom. The van der Waals surface area contributed by atoms with Gasteiger partial charge in [0, 0.05) is 6.07 Å². The number of halogens is 2. The van der Waals surface area contributed by atoms with Gasteiger partial charge in [0.25, 0.3) is 0 Å². The molecule has 0 saturated heterocycles. The van der Waals surface area contributed by atoms with Crippen LogP contribution in [0.2, 0.25) is 5.02 Å². The summed E-state index contributed by atoms with van der Waals surface area (Å²) in [7, 11) is 0. The molecule has 70 valence electrons. The molecule has 0 aliphatic heterocycles. The van der Waals surface area contributed by atoms with E-state index in [4.69, 9.17) is 17.3 Å². The zero-order chi connectivity index (χ0) is 10.0. The van der Waals surface area contributed by atoms with E-state index in [-0.39, 0.29) is 33.1 Å². The SMILES string of the molecule is Nc1cc(O)c(C(=O)CBr)cc1Cl. The predicted molar refractivity (Wildman–Crippen MR) is 55.7 cm³/mol. The summed E-state index contributed by atoms with van der Waals surface area (Å²) in [4.78, 5) is 11.2. The summed E-state index contributed by atoms with van der Waals surface area (Å²) < 4.78 is 0. The topological polar surface area (TPSA) is 63.3 Å². The second kappa shape index (κ2) is 3.98. The Morgan fingerprint density at radius 2 is 2.23 bits per heavy atom. The van der Waals surface area contributed by atoms with Crippen LogP contribution in [0.25, 0.3) is 0 Å². The summed E-state index contributed by atoms with van der Waals surface area (Å²) in [6.07, 6.45) is 0. The van der Waals surface area contributed by atoms with E-state index < -0.39 is 0 Å². The first-order valence-electron chi connectivity index (χ1n) is 3.43. The summed E-state index contributed by atoms with van der Waals surface area (Å²) in [6, 6.07) is 2.62. The minimum absolute atomic E-state index is 0.140. The van der Waals surface area contributed by atoms with E-state index in [1.807, 2.05) is 0 Å². The molecule has 0 spiro atoms. The van der Waals surface area contributed by atoms with Crippen molar-refractivity contribution < 1.29 is 9.90 Å². The lowest BCUT2D eigenvalue weighted by molar-refractivity contribution is 0.102. The van der Waals surface area contributed by atoms with Crippen LogP contribution >= 0.6 is 27.5 Å². The summed E-state index contributed by atoms with van der Waals surface area (Å²) in [6.45, 7) is 0. The molecular weight excluding hydrogens is 257 g/mol.